The first-order chi connectivity index (χ1) is 12.2. The van der Waals surface area contributed by atoms with Gasteiger partial charge in [-0.3, -0.25) is 18.9 Å². The predicted octanol–water partition coefficient (Wildman–Crippen LogP) is 0.755. The van der Waals surface area contributed by atoms with Crippen LogP contribution in [0.15, 0.2) is 23.4 Å². The van der Waals surface area contributed by atoms with Crippen molar-refractivity contribution < 1.29 is 17.9 Å². The van der Waals surface area contributed by atoms with Gasteiger partial charge in [-0.1, -0.05) is 0 Å². The number of sulfonamides is 1. The summed E-state index contributed by atoms with van der Waals surface area (Å²) in [6.07, 6.45) is 2.62. The number of carbonyl (C=O) groups excluding carboxylic acids is 1. The zero-order valence-corrected chi connectivity index (χ0v) is 15.5. The van der Waals surface area contributed by atoms with Gasteiger partial charge in [0.1, 0.15) is 11.4 Å². The first-order valence-corrected chi connectivity index (χ1v) is 9.12. The first kappa shape index (κ1) is 17.9. The second kappa shape index (κ2) is 6.41. The highest BCUT2D eigenvalue weighted by Crippen LogP contribution is 2.23. The Morgan fingerprint density at radius 2 is 2.04 bits per heavy atom. The summed E-state index contributed by atoms with van der Waals surface area (Å²) < 4.78 is 35.4. The zero-order valence-electron chi connectivity index (χ0n) is 14.7. The van der Waals surface area contributed by atoms with Crippen LogP contribution in [-0.2, 0) is 33.1 Å². The maximum Gasteiger partial charge on any atom is 0.327 e. The largest absolute Gasteiger partial charge is 0.468 e. The van der Waals surface area contributed by atoms with Gasteiger partial charge < -0.3 is 4.74 Å². The van der Waals surface area contributed by atoms with Gasteiger partial charge in [-0.2, -0.15) is 10.2 Å². The van der Waals surface area contributed by atoms with Crippen LogP contribution in [0.5, 0.6) is 0 Å². The number of pyridine rings is 1. The van der Waals surface area contributed by atoms with Gasteiger partial charge >= 0.3 is 5.97 Å². The molecule has 0 aliphatic heterocycles. The maximum absolute atomic E-state index is 12.7. The lowest BCUT2D eigenvalue weighted by atomic mass is 10.3. The Labute approximate surface area is 149 Å². The Kier molecular flexibility index (Phi) is 4.40. The van der Waals surface area contributed by atoms with E-state index in [0.29, 0.717) is 22.4 Å². The number of carbonyl (C=O) groups is 1. The van der Waals surface area contributed by atoms with E-state index in [0.717, 1.165) is 0 Å². The normalized spacial score (nSPS) is 11.7. The fraction of sp³-hybridized carbons (Fsp3) is 0.333. The smallest absolute Gasteiger partial charge is 0.327 e. The third kappa shape index (κ3) is 3.12. The van der Waals surface area contributed by atoms with E-state index in [-0.39, 0.29) is 17.1 Å². The molecule has 138 valence electrons. The number of fused-ring (bicyclic) bond motifs is 1. The van der Waals surface area contributed by atoms with Crippen LogP contribution in [-0.4, -0.2) is 46.0 Å². The number of methoxy groups -OCH3 is 1. The summed E-state index contributed by atoms with van der Waals surface area (Å²) in [5.74, 6) is -0.479. The van der Waals surface area contributed by atoms with Gasteiger partial charge in [0, 0.05) is 18.6 Å². The number of hydrogen-bond donors (Lipinski definition) is 1. The van der Waals surface area contributed by atoms with Gasteiger partial charge in [0.05, 0.1) is 30.4 Å². The number of aryl methyl sites for hydroxylation is 2. The molecule has 0 saturated carbocycles. The van der Waals surface area contributed by atoms with Crippen molar-refractivity contribution in [2.45, 2.75) is 25.3 Å². The number of hydrogen-bond acceptors (Lipinski definition) is 7. The fourth-order valence-corrected chi connectivity index (χ4v) is 3.60. The molecule has 11 heteroatoms. The minimum Gasteiger partial charge on any atom is -0.468 e. The predicted molar refractivity (Wildman–Crippen MR) is 93.0 cm³/mol. The number of esters is 1. The highest BCUT2D eigenvalue weighted by Gasteiger charge is 2.20. The molecule has 0 atom stereocenters. The summed E-state index contributed by atoms with van der Waals surface area (Å²) in [6.45, 7) is 3.34. The molecule has 0 aliphatic rings. The molecule has 0 unspecified atom stereocenters. The molecule has 3 heterocycles. The molecular formula is C15H18N6O4S. The van der Waals surface area contributed by atoms with Gasteiger partial charge in [-0.25, -0.2) is 13.4 Å². The average Bonchev–Trinajstić information content (AvgIpc) is 3.08. The van der Waals surface area contributed by atoms with Crippen molar-refractivity contribution >= 4 is 32.7 Å². The molecule has 0 fully saturated rings. The summed E-state index contributed by atoms with van der Waals surface area (Å²) in [5.41, 5.74) is 2.06. The minimum absolute atomic E-state index is 0.0150. The van der Waals surface area contributed by atoms with E-state index in [1.807, 2.05) is 0 Å². The van der Waals surface area contributed by atoms with Gasteiger partial charge in [0.2, 0.25) is 0 Å². The number of anilines is 1. The Morgan fingerprint density at radius 1 is 1.31 bits per heavy atom. The Bertz CT molecular complexity index is 1100. The molecule has 3 rings (SSSR count). The van der Waals surface area contributed by atoms with Crippen LogP contribution in [0.1, 0.15) is 11.4 Å². The van der Waals surface area contributed by atoms with Crippen LogP contribution in [0, 0.1) is 13.8 Å². The van der Waals surface area contributed by atoms with E-state index in [1.165, 1.54) is 30.3 Å². The van der Waals surface area contributed by atoms with Gasteiger partial charge in [-0.05, 0) is 19.9 Å². The van der Waals surface area contributed by atoms with Crippen molar-refractivity contribution in [3.8, 4) is 0 Å². The highest BCUT2D eigenvalue weighted by molar-refractivity contribution is 7.92. The van der Waals surface area contributed by atoms with E-state index >= 15 is 0 Å². The number of nitrogens with zero attached hydrogens (tertiary/aromatic N) is 5. The molecule has 0 saturated heterocycles. The fourth-order valence-electron chi connectivity index (χ4n) is 2.53. The van der Waals surface area contributed by atoms with Crippen LogP contribution in [0.4, 0.5) is 5.69 Å². The Hall–Kier alpha value is -2.95. The van der Waals surface area contributed by atoms with Crippen LogP contribution in [0.2, 0.25) is 0 Å². The van der Waals surface area contributed by atoms with Crippen LogP contribution in [0.25, 0.3) is 11.0 Å². The topological polar surface area (TPSA) is 121 Å². The van der Waals surface area contributed by atoms with E-state index in [2.05, 4.69) is 24.6 Å². The lowest BCUT2D eigenvalue weighted by Gasteiger charge is -2.08. The van der Waals surface area contributed by atoms with Gasteiger partial charge in [0.15, 0.2) is 5.65 Å². The molecule has 26 heavy (non-hydrogen) atoms. The molecule has 0 bridgehead atoms. The third-order valence-corrected chi connectivity index (χ3v) is 5.33. The maximum atomic E-state index is 12.7. The van der Waals surface area contributed by atoms with Crippen molar-refractivity contribution in [3.05, 3.63) is 29.8 Å². The molecule has 3 aromatic rings. The van der Waals surface area contributed by atoms with Crippen molar-refractivity contribution in [1.29, 1.82) is 0 Å². The Balaban J connectivity index is 1.92. The lowest BCUT2D eigenvalue weighted by molar-refractivity contribution is -0.141. The van der Waals surface area contributed by atoms with E-state index in [9.17, 15) is 13.2 Å². The van der Waals surface area contributed by atoms with E-state index in [1.54, 1.807) is 25.6 Å². The van der Waals surface area contributed by atoms with Crippen molar-refractivity contribution in [3.63, 3.8) is 0 Å². The molecular weight excluding hydrogens is 360 g/mol. The number of nitrogens with one attached hydrogen (secondary N) is 1. The SMILES string of the molecule is COC(=O)Cn1ncc(NS(=O)(=O)c2cnc3c(c2)c(C)nn3C)c1C. The molecule has 0 aliphatic carbocycles. The Morgan fingerprint density at radius 3 is 2.73 bits per heavy atom. The molecule has 10 nitrogen and oxygen atoms in total. The molecule has 1 N–H and O–H groups in total. The van der Waals surface area contributed by atoms with E-state index < -0.39 is 16.0 Å². The first-order valence-electron chi connectivity index (χ1n) is 7.64. The summed E-state index contributed by atoms with van der Waals surface area (Å²) in [7, 11) is -0.858. The summed E-state index contributed by atoms with van der Waals surface area (Å²) in [4.78, 5) is 15.6. The monoisotopic (exact) mass is 378 g/mol. The highest BCUT2D eigenvalue weighted by atomic mass is 32.2. The van der Waals surface area contributed by atoms with E-state index in [4.69, 9.17) is 0 Å². The van der Waals surface area contributed by atoms with Crippen molar-refractivity contribution in [1.82, 2.24) is 24.5 Å². The second-order valence-corrected chi connectivity index (χ2v) is 7.42. The molecule has 3 aromatic heterocycles. The zero-order chi connectivity index (χ0) is 19.1. The van der Waals surface area contributed by atoms with Crippen LogP contribution >= 0.6 is 0 Å². The quantitative estimate of drug-likeness (QED) is 0.650. The molecule has 0 radical (unpaired) electrons. The number of aromatic nitrogens is 5. The second-order valence-electron chi connectivity index (χ2n) is 5.73. The van der Waals surface area contributed by atoms with Crippen LogP contribution in [0.3, 0.4) is 0 Å². The lowest BCUT2D eigenvalue weighted by Crippen LogP contribution is -2.16. The minimum atomic E-state index is -3.87. The average molecular weight is 378 g/mol. The van der Waals surface area contributed by atoms with Gasteiger partial charge in [-0.15, -0.1) is 0 Å². The van der Waals surface area contributed by atoms with Crippen LogP contribution < -0.4 is 4.72 Å². The third-order valence-electron chi connectivity index (χ3n) is 4.00. The molecule has 0 amide bonds. The summed E-state index contributed by atoms with van der Waals surface area (Å²) in [5, 5.41) is 8.90. The standard InChI is InChI=1S/C15H18N6O4S/c1-9-12-5-11(6-16-15(12)20(3)18-9)26(23,24)19-13-7-17-21(10(13)2)8-14(22)25-4/h5-7,19H,8H2,1-4H3. The molecule has 0 aromatic carbocycles. The summed E-state index contributed by atoms with van der Waals surface area (Å²) in [6, 6.07) is 1.53. The molecule has 0 spiro atoms. The van der Waals surface area contributed by atoms with Gasteiger partial charge in [0.25, 0.3) is 10.0 Å². The number of rotatable bonds is 5. The van der Waals surface area contributed by atoms with Crippen molar-refractivity contribution in [2.75, 3.05) is 11.8 Å². The number of ether oxygens (including phenoxy) is 1. The summed E-state index contributed by atoms with van der Waals surface area (Å²) >= 11 is 0. The van der Waals surface area contributed by atoms with Crippen molar-refractivity contribution in [2.24, 2.45) is 7.05 Å².